The van der Waals surface area contributed by atoms with Gasteiger partial charge < -0.3 is 4.57 Å². The largest absolute Gasteiger partial charge is 0.309 e. The van der Waals surface area contributed by atoms with Gasteiger partial charge in [0.15, 0.2) is 21.3 Å². The number of aromatic nitrogens is 3. The number of Topliss-reactive ketones (excluding diaryl/α,β-unsaturated/α-hetero) is 1. The molecule has 0 atom stereocenters. The summed E-state index contributed by atoms with van der Waals surface area (Å²) < 4.78 is 24.5. The fourth-order valence-corrected chi connectivity index (χ4v) is 2.53. The Balaban J connectivity index is 2.46. The molecule has 7 heteroatoms. The molecule has 6 nitrogen and oxygen atoms in total. The van der Waals surface area contributed by atoms with Gasteiger partial charge in [0.25, 0.3) is 0 Å². The van der Waals surface area contributed by atoms with E-state index in [0.717, 1.165) is 5.56 Å². The van der Waals surface area contributed by atoms with Crippen molar-refractivity contribution in [1.29, 1.82) is 0 Å². The number of fused-ring (bicyclic) bond motifs is 1. The van der Waals surface area contributed by atoms with Gasteiger partial charge in [0.1, 0.15) is 11.3 Å². The van der Waals surface area contributed by atoms with Gasteiger partial charge in [-0.15, -0.1) is 0 Å². The number of ketones is 1. The molecule has 0 aliphatic heterocycles. The van der Waals surface area contributed by atoms with E-state index in [4.69, 9.17) is 0 Å². The molecular formula is C12H15N3O3S. The third-order valence-corrected chi connectivity index (χ3v) is 4.47. The average Bonchev–Trinajstić information content (AvgIpc) is 2.66. The smallest absolute Gasteiger partial charge is 0.213 e. The van der Waals surface area contributed by atoms with Gasteiger partial charge >= 0.3 is 0 Å². The Labute approximate surface area is 111 Å². The molecule has 0 bridgehead atoms. The van der Waals surface area contributed by atoms with Crippen LogP contribution in [0.2, 0.25) is 0 Å². The molecule has 102 valence electrons. The molecule has 0 radical (unpaired) electrons. The van der Waals surface area contributed by atoms with Gasteiger partial charge in [-0.25, -0.2) is 18.4 Å². The lowest BCUT2D eigenvalue weighted by molar-refractivity contribution is 0.100. The van der Waals surface area contributed by atoms with E-state index in [1.165, 1.54) is 11.5 Å². The number of sulfone groups is 1. The van der Waals surface area contributed by atoms with Crippen LogP contribution in [-0.4, -0.2) is 40.2 Å². The van der Waals surface area contributed by atoms with Crippen LogP contribution in [0.25, 0.3) is 11.2 Å². The minimum Gasteiger partial charge on any atom is -0.309 e. The summed E-state index contributed by atoms with van der Waals surface area (Å²) >= 11 is 0. The van der Waals surface area contributed by atoms with Crippen molar-refractivity contribution in [3.63, 3.8) is 0 Å². The molecule has 0 aromatic carbocycles. The topological polar surface area (TPSA) is 81.9 Å². The lowest BCUT2D eigenvalue weighted by Crippen LogP contribution is -2.20. The summed E-state index contributed by atoms with van der Waals surface area (Å²) in [6.45, 7) is 3.40. The predicted molar refractivity (Wildman–Crippen MR) is 71.9 cm³/mol. The Morgan fingerprint density at radius 3 is 2.74 bits per heavy atom. The third kappa shape index (κ3) is 2.65. The van der Waals surface area contributed by atoms with Gasteiger partial charge in [-0.1, -0.05) is 6.92 Å². The quantitative estimate of drug-likeness (QED) is 0.777. The molecule has 0 amide bonds. The van der Waals surface area contributed by atoms with E-state index in [1.54, 1.807) is 13.2 Å². The molecule has 0 spiro atoms. The molecular weight excluding hydrogens is 266 g/mol. The molecule has 2 aromatic rings. The highest BCUT2D eigenvalue weighted by molar-refractivity contribution is 7.92. The lowest BCUT2D eigenvalue weighted by atomic mass is 10.3. The van der Waals surface area contributed by atoms with Crippen LogP contribution in [0.1, 0.15) is 23.1 Å². The molecule has 0 unspecified atom stereocenters. The molecule has 0 N–H and O–H groups in total. The zero-order valence-corrected chi connectivity index (χ0v) is 11.9. The number of aryl methyl sites for hydroxylation is 2. The standard InChI is InChI=1S/C12H15N3O3S/c1-4-19(17,18)7-10(16)12-14-9-5-8(2)6-13-11(9)15(12)3/h5-6H,4,7H2,1-3H3. The maximum atomic E-state index is 12.0. The third-order valence-electron chi connectivity index (χ3n) is 2.89. The Hall–Kier alpha value is -1.76. The SMILES string of the molecule is CCS(=O)(=O)CC(=O)c1nc2cc(C)cnc2n1C. The lowest BCUT2D eigenvalue weighted by Gasteiger charge is -2.01. The fraction of sp³-hybridized carbons (Fsp3) is 0.417. The molecule has 2 aromatic heterocycles. The molecule has 0 saturated heterocycles. The summed E-state index contributed by atoms with van der Waals surface area (Å²) in [4.78, 5) is 20.4. The Morgan fingerprint density at radius 2 is 2.11 bits per heavy atom. The first kappa shape index (κ1) is 13.7. The van der Waals surface area contributed by atoms with E-state index in [2.05, 4.69) is 9.97 Å². The van der Waals surface area contributed by atoms with E-state index in [9.17, 15) is 13.2 Å². The zero-order valence-electron chi connectivity index (χ0n) is 11.0. The number of pyridine rings is 1. The van der Waals surface area contributed by atoms with Gasteiger partial charge in [-0.2, -0.15) is 0 Å². The van der Waals surface area contributed by atoms with Crippen LogP contribution in [0.15, 0.2) is 12.3 Å². The van der Waals surface area contributed by atoms with Crippen molar-refractivity contribution in [2.24, 2.45) is 7.05 Å². The summed E-state index contributed by atoms with van der Waals surface area (Å²) in [5, 5.41) is 0. The van der Waals surface area contributed by atoms with Crippen molar-refractivity contribution >= 4 is 26.8 Å². The molecule has 0 aliphatic rings. The van der Waals surface area contributed by atoms with E-state index in [0.29, 0.717) is 11.2 Å². The van der Waals surface area contributed by atoms with Gasteiger partial charge in [0.2, 0.25) is 5.78 Å². The number of nitrogens with zero attached hydrogens (tertiary/aromatic N) is 3. The highest BCUT2D eigenvalue weighted by Gasteiger charge is 2.21. The van der Waals surface area contributed by atoms with Crippen LogP contribution in [0.5, 0.6) is 0 Å². The van der Waals surface area contributed by atoms with Crippen LogP contribution < -0.4 is 0 Å². The molecule has 2 rings (SSSR count). The summed E-state index contributed by atoms with van der Waals surface area (Å²) in [6.07, 6.45) is 1.68. The summed E-state index contributed by atoms with van der Waals surface area (Å²) in [5.41, 5.74) is 2.10. The van der Waals surface area contributed by atoms with Crippen molar-refractivity contribution in [3.05, 3.63) is 23.7 Å². The van der Waals surface area contributed by atoms with E-state index >= 15 is 0 Å². The van der Waals surface area contributed by atoms with E-state index in [-0.39, 0.29) is 11.6 Å². The van der Waals surface area contributed by atoms with Crippen molar-refractivity contribution in [2.45, 2.75) is 13.8 Å². The van der Waals surface area contributed by atoms with Crippen LogP contribution >= 0.6 is 0 Å². The second-order valence-corrected chi connectivity index (χ2v) is 6.80. The zero-order chi connectivity index (χ0) is 14.2. The van der Waals surface area contributed by atoms with E-state index in [1.807, 2.05) is 13.0 Å². The van der Waals surface area contributed by atoms with Crippen molar-refractivity contribution in [3.8, 4) is 0 Å². The van der Waals surface area contributed by atoms with Gasteiger partial charge in [0, 0.05) is 19.0 Å². The van der Waals surface area contributed by atoms with Crippen LogP contribution in [0.3, 0.4) is 0 Å². The summed E-state index contributed by atoms with van der Waals surface area (Å²) in [5.74, 6) is -0.940. The highest BCUT2D eigenvalue weighted by atomic mass is 32.2. The van der Waals surface area contributed by atoms with Crippen molar-refractivity contribution in [1.82, 2.24) is 14.5 Å². The molecule has 0 saturated carbocycles. The predicted octanol–water partition coefficient (Wildman–Crippen LogP) is 0.894. The first-order valence-electron chi connectivity index (χ1n) is 5.86. The van der Waals surface area contributed by atoms with Gasteiger partial charge in [0.05, 0.1) is 0 Å². The fourth-order valence-electron chi connectivity index (χ4n) is 1.79. The Morgan fingerprint density at radius 1 is 1.42 bits per heavy atom. The van der Waals surface area contributed by atoms with Crippen molar-refractivity contribution in [2.75, 3.05) is 11.5 Å². The Kier molecular flexibility index (Phi) is 3.40. The van der Waals surface area contributed by atoms with Gasteiger partial charge in [-0.05, 0) is 18.6 Å². The second-order valence-electron chi connectivity index (χ2n) is 4.45. The summed E-state index contributed by atoms with van der Waals surface area (Å²) in [6, 6.07) is 1.81. The molecule has 0 aliphatic carbocycles. The maximum absolute atomic E-state index is 12.0. The average molecular weight is 281 g/mol. The number of carbonyl (C=O) groups excluding carboxylic acids is 1. The minimum absolute atomic E-state index is 0.0555. The van der Waals surface area contributed by atoms with E-state index < -0.39 is 21.4 Å². The van der Waals surface area contributed by atoms with Gasteiger partial charge in [-0.3, -0.25) is 4.79 Å². The number of rotatable bonds is 4. The van der Waals surface area contributed by atoms with Crippen LogP contribution in [0, 0.1) is 6.92 Å². The first-order chi connectivity index (χ1) is 8.84. The summed E-state index contributed by atoms with van der Waals surface area (Å²) in [7, 11) is -1.70. The maximum Gasteiger partial charge on any atom is 0.213 e. The number of hydrogen-bond donors (Lipinski definition) is 0. The first-order valence-corrected chi connectivity index (χ1v) is 7.69. The van der Waals surface area contributed by atoms with Crippen LogP contribution in [0.4, 0.5) is 0 Å². The molecule has 0 fully saturated rings. The van der Waals surface area contributed by atoms with Crippen LogP contribution in [-0.2, 0) is 16.9 Å². The normalized spacial score (nSPS) is 11.9. The highest BCUT2D eigenvalue weighted by Crippen LogP contribution is 2.14. The number of carbonyl (C=O) groups is 1. The monoisotopic (exact) mass is 281 g/mol. The second kappa shape index (κ2) is 4.73. The number of hydrogen-bond acceptors (Lipinski definition) is 5. The van der Waals surface area contributed by atoms with Crippen molar-refractivity contribution < 1.29 is 13.2 Å². The molecule has 19 heavy (non-hydrogen) atoms. The number of imidazole rings is 1. The Bertz CT molecular complexity index is 747. The molecule has 2 heterocycles. The minimum atomic E-state index is -3.35.